The molecule has 2 aliphatic rings. The van der Waals surface area contributed by atoms with E-state index in [1.165, 1.54) is 17.8 Å². The second-order valence-electron chi connectivity index (χ2n) is 7.49. The molecular weight excluding hydrogens is 381 g/mol. The number of thioether (sulfide) groups is 1. The van der Waals surface area contributed by atoms with Crippen molar-refractivity contribution in [3.05, 3.63) is 33.7 Å². The van der Waals surface area contributed by atoms with E-state index >= 15 is 0 Å². The smallest absolute Gasteiger partial charge is 0.344 e. The molecule has 1 aromatic carbocycles. The second kappa shape index (κ2) is 7.08. The van der Waals surface area contributed by atoms with E-state index in [1.807, 2.05) is 30.5 Å². The Hall–Kier alpha value is -2.06. The van der Waals surface area contributed by atoms with Gasteiger partial charge in [0.1, 0.15) is 11.4 Å². The summed E-state index contributed by atoms with van der Waals surface area (Å²) in [6, 6.07) is 3.42. The normalized spacial score (nSPS) is 21.1. The minimum absolute atomic E-state index is 0.0124. The maximum atomic E-state index is 15.0. The largest absolute Gasteiger partial charge is 0.462 e. The van der Waals surface area contributed by atoms with Crippen molar-refractivity contribution in [3.8, 4) is 0 Å². The van der Waals surface area contributed by atoms with Gasteiger partial charge in [0, 0.05) is 24.5 Å². The molecule has 4 rings (SSSR count). The van der Waals surface area contributed by atoms with Gasteiger partial charge in [-0.2, -0.15) is 0 Å². The summed E-state index contributed by atoms with van der Waals surface area (Å²) in [5, 5.41) is 0.898. The van der Waals surface area contributed by atoms with E-state index in [1.54, 1.807) is 13.0 Å². The predicted molar refractivity (Wildman–Crippen MR) is 109 cm³/mol. The third kappa shape index (κ3) is 2.90. The van der Waals surface area contributed by atoms with Crippen molar-refractivity contribution in [1.82, 2.24) is 9.47 Å². The van der Waals surface area contributed by atoms with Gasteiger partial charge in [0.25, 0.3) is 0 Å². The molecule has 0 bridgehead atoms. The maximum absolute atomic E-state index is 15.0. The molecule has 2 aromatic rings. The molecular formula is C20H24FN3O3S. The topological polar surface area (TPSA) is 54.8 Å². The van der Waals surface area contributed by atoms with Crippen molar-refractivity contribution in [1.29, 1.82) is 0 Å². The zero-order valence-corrected chi connectivity index (χ0v) is 17.3. The summed E-state index contributed by atoms with van der Waals surface area (Å²) >= 11 is 1.46. The first-order valence-corrected chi connectivity index (χ1v) is 10.4. The molecule has 1 unspecified atom stereocenters. The van der Waals surface area contributed by atoms with E-state index in [2.05, 4.69) is 4.90 Å². The molecule has 1 aromatic heterocycles. The number of nitrogens with zero attached hydrogens (tertiary/aromatic N) is 3. The van der Waals surface area contributed by atoms with Crippen molar-refractivity contribution >= 4 is 34.3 Å². The summed E-state index contributed by atoms with van der Waals surface area (Å²) < 4.78 is 22.0. The van der Waals surface area contributed by atoms with Crippen LogP contribution in [0.25, 0.3) is 10.9 Å². The van der Waals surface area contributed by atoms with E-state index < -0.39 is 17.2 Å². The first kappa shape index (κ1) is 19.3. The van der Waals surface area contributed by atoms with Crippen LogP contribution in [0.4, 0.5) is 10.1 Å². The zero-order chi connectivity index (χ0) is 20.2. The highest BCUT2D eigenvalue weighted by Crippen LogP contribution is 2.47. The Balaban J connectivity index is 1.86. The number of likely N-dealkylation sites (N-methyl/N-ethyl adjacent to an activating group) is 1. The average molecular weight is 405 g/mol. The molecule has 3 heterocycles. The number of carbonyl (C=O) groups is 1. The molecule has 0 saturated carbocycles. The van der Waals surface area contributed by atoms with Gasteiger partial charge >= 0.3 is 5.97 Å². The van der Waals surface area contributed by atoms with E-state index in [4.69, 9.17) is 4.74 Å². The van der Waals surface area contributed by atoms with Crippen LogP contribution >= 0.6 is 11.8 Å². The Morgan fingerprint density at radius 1 is 1.39 bits per heavy atom. The molecule has 8 heteroatoms. The third-order valence-electron chi connectivity index (χ3n) is 5.59. The molecule has 1 fully saturated rings. The van der Waals surface area contributed by atoms with Crippen LogP contribution in [-0.4, -0.2) is 55.3 Å². The summed E-state index contributed by atoms with van der Waals surface area (Å²) in [5.41, 5.74) is 0.735. The van der Waals surface area contributed by atoms with E-state index in [9.17, 15) is 14.0 Å². The molecule has 28 heavy (non-hydrogen) atoms. The van der Waals surface area contributed by atoms with Gasteiger partial charge in [-0.15, -0.1) is 0 Å². The summed E-state index contributed by atoms with van der Waals surface area (Å²) in [5.74, 6) is -1.07. The quantitative estimate of drug-likeness (QED) is 0.729. The summed E-state index contributed by atoms with van der Waals surface area (Å²) in [6.07, 6.45) is 0.969. The van der Waals surface area contributed by atoms with Crippen molar-refractivity contribution < 1.29 is 13.9 Å². The molecule has 150 valence electrons. The van der Waals surface area contributed by atoms with Gasteiger partial charge in [0.15, 0.2) is 0 Å². The van der Waals surface area contributed by atoms with E-state index in [0.29, 0.717) is 22.3 Å². The molecule has 0 amide bonds. The molecule has 2 atom stereocenters. The van der Waals surface area contributed by atoms with Crippen LogP contribution in [0.5, 0.6) is 0 Å². The molecule has 1 saturated heterocycles. The average Bonchev–Trinajstić information content (AvgIpc) is 3.12. The molecule has 0 radical (unpaired) electrons. The number of hydrogen-bond donors (Lipinski definition) is 0. The number of rotatable bonds is 4. The number of ether oxygens (including phenoxy) is 1. The number of anilines is 1. The highest BCUT2D eigenvalue weighted by atomic mass is 32.2. The number of aromatic nitrogens is 1. The minimum atomic E-state index is -0.643. The Morgan fingerprint density at radius 3 is 2.75 bits per heavy atom. The minimum Gasteiger partial charge on any atom is -0.462 e. The number of halogens is 1. The van der Waals surface area contributed by atoms with Gasteiger partial charge < -0.3 is 19.1 Å². The third-order valence-corrected chi connectivity index (χ3v) is 6.76. The van der Waals surface area contributed by atoms with Crippen molar-refractivity contribution in [2.24, 2.45) is 0 Å². The van der Waals surface area contributed by atoms with Crippen molar-refractivity contribution in [2.45, 2.75) is 36.7 Å². The summed E-state index contributed by atoms with van der Waals surface area (Å²) in [7, 11) is 4.06. The van der Waals surface area contributed by atoms with Gasteiger partial charge in [-0.05, 0) is 46.5 Å². The molecule has 6 nitrogen and oxygen atoms in total. The first-order chi connectivity index (χ1) is 13.3. The van der Waals surface area contributed by atoms with Crippen LogP contribution in [0.3, 0.4) is 0 Å². The fourth-order valence-electron chi connectivity index (χ4n) is 4.04. The fourth-order valence-corrected chi connectivity index (χ4v) is 5.19. The van der Waals surface area contributed by atoms with Crippen molar-refractivity contribution in [2.75, 3.05) is 38.7 Å². The molecule has 0 aliphatic carbocycles. The highest BCUT2D eigenvalue weighted by Gasteiger charge is 2.34. The summed E-state index contributed by atoms with van der Waals surface area (Å²) in [4.78, 5) is 29.5. The number of carbonyl (C=O) groups excluding carboxylic acids is 1. The Morgan fingerprint density at radius 2 is 2.14 bits per heavy atom. The number of benzene rings is 1. The highest BCUT2D eigenvalue weighted by molar-refractivity contribution is 8.00. The number of esters is 1. The number of pyridine rings is 1. The fraction of sp³-hybridized carbons (Fsp3) is 0.500. The summed E-state index contributed by atoms with van der Waals surface area (Å²) in [6.45, 7) is 5.40. The molecule has 0 spiro atoms. The lowest BCUT2D eigenvalue weighted by Gasteiger charge is -2.33. The van der Waals surface area contributed by atoms with E-state index in [0.717, 1.165) is 19.5 Å². The lowest BCUT2D eigenvalue weighted by molar-refractivity contribution is 0.0518. The molecule has 0 N–H and O–H groups in total. The monoisotopic (exact) mass is 405 g/mol. The van der Waals surface area contributed by atoms with Gasteiger partial charge in [-0.1, -0.05) is 11.8 Å². The predicted octanol–water partition coefficient (Wildman–Crippen LogP) is 3.08. The van der Waals surface area contributed by atoms with Gasteiger partial charge in [0.2, 0.25) is 5.43 Å². The SMILES string of the molecule is CCOC(=O)c1c2n(c3cc(N4CC[C@H](N(C)C)C4)c(F)cc3c1=O)C(C)S2. The first-order valence-electron chi connectivity index (χ1n) is 9.50. The van der Waals surface area contributed by atoms with Crippen LogP contribution in [-0.2, 0) is 4.74 Å². The Labute approximate surface area is 167 Å². The van der Waals surface area contributed by atoms with Crippen LogP contribution in [0.1, 0.15) is 36.0 Å². The maximum Gasteiger partial charge on any atom is 0.344 e. The number of fused-ring (bicyclic) bond motifs is 3. The van der Waals surface area contributed by atoms with Crippen LogP contribution in [0.15, 0.2) is 22.0 Å². The van der Waals surface area contributed by atoms with Gasteiger partial charge in [-0.25, -0.2) is 9.18 Å². The van der Waals surface area contributed by atoms with Gasteiger partial charge in [0.05, 0.1) is 28.2 Å². The van der Waals surface area contributed by atoms with Crippen LogP contribution in [0, 0.1) is 5.82 Å². The lowest BCUT2D eigenvalue weighted by atomic mass is 10.1. The van der Waals surface area contributed by atoms with Crippen molar-refractivity contribution in [3.63, 3.8) is 0 Å². The zero-order valence-electron chi connectivity index (χ0n) is 16.5. The molecule has 2 aliphatic heterocycles. The lowest BCUT2D eigenvalue weighted by Crippen LogP contribution is -2.32. The second-order valence-corrected chi connectivity index (χ2v) is 8.79. The van der Waals surface area contributed by atoms with Gasteiger partial charge in [-0.3, -0.25) is 4.79 Å². The number of hydrogen-bond acceptors (Lipinski definition) is 6. The Kier molecular flexibility index (Phi) is 4.87. The van der Waals surface area contributed by atoms with E-state index in [-0.39, 0.29) is 22.9 Å². The van der Waals surface area contributed by atoms with Crippen LogP contribution in [0.2, 0.25) is 0 Å². The standard InChI is InChI=1S/C20H24FN3O3S/c1-5-27-20(26)17-18(25)13-8-14(21)16(23-7-6-12(10-23)22(3)4)9-15(13)24-11(2)28-19(17)24/h8-9,11-12H,5-7,10H2,1-4H3/t11?,12-/m0/s1. The Bertz CT molecular complexity index is 1020. The van der Waals surface area contributed by atoms with Crippen LogP contribution < -0.4 is 10.3 Å².